The number of benzene rings is 6. The smallest absolute Gasteiger partial charge is 0.237 e. The summed E-state index contributed by atoms with van der Waals surface area (Å²) >= 11 is 0. The average Bonchev–Trinajstić information content (AvgIpc) is 3.68. The first-order valence-corrected chi connectivity index (χ1v) is 15.4. The number of fused-ring (bicyclic) bond motifs is 8. The molecule has 5 heteroatoms. The van der Waals surface area contributed by atoms with Gasteiger partial charge in [0.2, 0.25) is 5.95 Å². The Morgan fingerprint density at radius 3 is 2.00 bits per heavy atom. The number of hydrogen-bond donors (Lipinski definition) is 0. The monoisotopic (exact) mass is 588 g/mol. The fourth-order valence-electron chi connectivity index (χ4n) is 6.82. The van der Waals surface area contributed by atoms with Gasteiger partial charge in [-0.05, 0) is 59.7 Å². The fourth-order valence-corrected chi connectivity index (χ4v) is 6.82. The summed E-state index contributed by atoms with van der Waals surface area (Å²) in [5.74, 6) is 1.43. The van der Waals surface area contributed by atoms with Gasteiger partial charge in [0, 0.05) is 38.1 Å². The molecule has 4 heterocycles. The quantitative estimate of drug-likeness (QED) is 0.206. The topological polar surface area (TPSA) is 56.7 Å². The van der Waals surface area contributed by atoms with Crippen molar-refractivity contribution in [3.8, 4) is 39.7 Å². The standard InChI is InChI=1S/C41H24N4O/c1-2-10-25(11-3-1)39-31-14-5-8-16-35(31)43-41(44-39)45-36-20-18-26(22-28(36)24-33-29-12-4-7-15-34(29)42-40(33)45)27-19-21-38-32(23-27)30-13-6-9-17-37(30)46-38/h1-24H. The van der Waals surface area contributed by atoms with Crippen molar-refractivity contribution in [2.24, 2.45) is 0 Å². The molecule has 2 aliphatic heterocycles. The van der Waals surface area contributed by atoms with Crippen molar-refractivity contribution in [3.63, 3.8) is 0 Å². The Morgan fingerprint density at radius 2 is 1.13 bits per heavy atom. The number of para-hydroxylation sites is 3. The van der Waals surface area contributed by atoms with Crippen LogP contribution in [0.4, 0.5) is 0 Å². The molecule has 0 amide bonds. The highest BCUT2D eigenvalue weighted by atomic mass is 16.3. The lowest BCUT2D eigenvalue weighted by molar-refractivity contribution is 0.669. The van der Waals surface area contributed by atoms with Crippen LogP contribution in [0.3, 0.4) is 0 Å². The van der Waals surface area contributed by atoms with Crippen molar-refractivity contribution in [1.82, 2.24) is 19.5 Å². The van der Waals surface area contributed by atoms with E-state index in [9.17, 15) is 0 Å². The van der Waals surface area contributed by atoms with Gasteiger partial charge in [0.25, 0.3) is 0 Å². The van der Waals surface area contributed by atoms with E-state index in [0.717, 1.165) is 88.4 Å². The van der Waals surface area contributed by atoms with E-state index >= 15 is 0 Å². The second-order valence-electron chi connectivity index (χ2n) is 11.7. The molecule has 0 saturated carbocycles. The van der Waals surface area contributed by atoms with Crippen LogP contribution in [0.25, 0.3) is 94.4 Å². The first-order chi connectivity index (χ1) is 22.8. The van der Waals surface area contributed by atoms with Crippen molar-refractivity contribution in [2.75, 3.05) is 0 Å². The second kappa shape index (κ2) is 9.58. The van der Waals surface area contributed by atoms with E-state index in [1.54, 1.807) is 0 Å². The fraction of sp³-hybridized carbons (Fsp3) is 0. The van der Waals surface area contributed by atoms with Crippen molar-refractivity contribution in [3.05, 3.63) is 146 Å². The second-order valence-corrected chi connectivity index (χ2v) is 11.7. The van der Waals surface area contributed by atoms with Gasteiger partial charge >= 0.3 is 0 Å². The lowest BCUT2D eigenvalue weighted by atomic mass is 9.99. The molecule has 46 heavy (non-hydrogen) atoms. The molecule has 2 aromatic heterocycles. The third kappa shape index (κ3) is 3.72. The van der Waals surface area contributed by atoms with Crippen LogP contribution in [0.2, 0.25) is 0 Å². The Morgan fingerprint density at radius 1 is 0.457 bits per heavy atom. The van der Waals surface area contributed by atoms with E-state index in [1.165, 1.54) is 0 Å². The first-order valence-electron chi connectivity index (χ1n) is 15.4. The molecule has 2 aliphatic rings. The van der Waals surface area contributed by atoms with Crippen molar-refractivity contribution in [1.29, 1.82) is 0 Å². The van der Waals surface area contributed by atoms with Crippen molar-refractivity contribution < 1.29 is 4.42 Å². The molecule has 0 radical (unpaired) electrons. The summed E-state index contributed by atoms with van der Waals surface area (Å²) in [5.41, 5.74) is 9.87. The lowest BCUT2D eigenvalue weighted by Gasteiger charge is -2.17. The highest BCUT2D eigenvalue weighted by molar-refractivity contribution is 6.07. The molecule has 214 valence electrons. The van der Waals surface area contributed by atoms with Gasteiger partial charge in [0.05, 0.1) is 22.2 Å². The Kier molecular flexibility index (Phi) is 5.22. The van der Waals surface area contributed by atoms with Crippen LogP contribution in [-0.4, -0.2) is 19.5 Å². The predicted molar refractivity (Wildman–Crippen MR) is 186 cm³/mol. The summed E-state index contributed by atoms with van der Waals surface area (Å²) in [7, 11) is 0. The summed E-state index contributed by atoms with van der Waals surface area (Å²) in [5, 5.41) is 5.44. The molecule has 8 aromatic rings. The highest BCUT2D eigenvalue weighted by Crippen LogP contribution is 2.39. The van der Waals surface area contributed by atoms with Gasteiger partial charge in [-0.3, -0.25) is 4.57 Å². The van der Waals surface area contributed by atoms with Crippen LogP contribution in [-0.2, 0) is 0 Å². The molecule has 0 atom stereocenters. The van der Waals surface area contributed by atoms with Gasteiger partial charge in [-0.1, -0.05) is 97.1 Å². The van der Waals surface area contributed by atoms with Crippen molar-refractivity contribution in [2.45, 2.75) is 0 Å². The predicted octanol–water partition coefficient (Wildman–Crippen LogP) is 10.5. The highest BCUT2D eigenvalue weighted by Gasteiger charge is 2.22. The van der Waals surface area contributed by atoms with E-state index < -0.39 is 0 Å². The Bertz CT molecular complexity index is 2760. The molecule has 0 bridgehead atoms. The molecule has 6 aromatic carbocycles. The van der Waals surface area contributed by atoms with Crippen LogP contribution < -0.4 is 0 Å². The maximum atomic E-state index is 6.11. The van der Waals surface area contributed by atoms with Gasteiger partial charge in [-0.15, -0.1) is 0 Å². The van der Waals surface area contributed by atoms with E-state index in [2.05, 4.69) is 102 Å². The lowest BCUT2D eigenvalue weighted by Crippen LogP contribution is -2.09. The van der Waals surface area contributed by atoms with Gasteiger partial charge in [0.15, 0.2) is 0 Å². The molecule has 0 N–H and O–H groups in total. The van der Waals surface area contributed by atoms with Crippen molar-refractivity contribution >= 4 is 54.6 Å². The molecule has 5 nitrogen and oxygen atoms in total. The molecule has 10 rings (SSSR count). The summed E-state index contributed by atoms with van der Waals surface area (Å²) in [6, 6.07) is 50.3. The number of rotatable bonds is 3. The zero-order valence-electron chi connectivity index (χ0n) is 24.6. The summed E-state index contributed by atoms with van der Waals surface area (Å²) in [4.78, 5) is 15.5. The molecule has 0 aliphatic carbocycles. The van der Waals surface area contributed by atoms with E-state index in [-0.39, 0.29) is 0 Å². The van der Waals surface area contributed by atoms with E-state index in [1.807, 2.05) is 48.5 Å². The number of furan rings is 1. The van der Waals surface area contributed by atoms with Crippen LogP contribution in [0.1, 0.15) is 0 Å². The largest absolute Gasteiger partial charge is 0.456 e. The first kappa shape index (κ1) is 25.0. The number of nitrogens with zero attached hydrogens (tertiary/aromatic N) is 4. The van der Waals surface area contributed by atoms with Gasteiger partial charge in [-0.25, -0.2) is 15.0 Å². The molecular formula is C41H24N4O. The Balaban J connectivity index is 1.26. The zero-order chi connectivity index (χ0) is 30.2. The molecular weight excluding hydrogens is 564 g/mol. The van der Waals surface area contributed by atoms with E-state index in [0.29, 0.717) is 5.95 Å². The minimum atomic E-state index is 0.593. The molecule has 0 unspecified atom stereocenters. The zero-order valence-corrected chi connectivity index (χ0v) is 24.6. The minimum Gasteiger partial charge on any atom is -0.456 e. The minimum absolute atomic E-state index is 0.593. The third-order valence-electron chi connectivity index (χ3n) is 8.99. The Labute approximate surface area is 263 Å². The van der Waals surface area contributed by atoms with Gasteiger partial charge in [0.1, 0.15) is 17.0 Å². The number of aromatic nitrogens is 4. The maximum Gasteiger partial charge on any atom is 0.237 e. The number of pyridine rings is 1. The normalized spacial score (nSPS) is 11.9. The van der Waals surface area contributed by atoms with E-state index in [4.69, 9.17) is 19.4 Å². The number of hydrogen-bond acceptors (Lipinski definition) is 4. The van der Waals surface area contributed by atoms with Gasteiger partial charge in [-0.2, -0.15) is 0 Å². The summed E-state index contributed by atoms with van der Waals surface area (Å²) in [6.07, 6.45) is 0. The summed E-state index contributed by atoms with van der Waals surface area (Å²) in [6.45, 7) is 0. The maximum absolute atomic E-state index is 6.11. The molecule has 0 fully saturated rings. The SMILES string of the molecule is c1ccc(-c2nc(-n3c4nc5ccccc5c-4cc4cc(-c5ccc6oc7ccccc7c6c5)ccc43)nc3ccccc23)cc1. The Hall–Kier alpha value is -6.33. The van der Waals surface area contributed by atoms with Crippen LogP contribution in [0.15, 0.2) is 150 Å². The molecule has 0 spiro atoms. The average molecular weight is 589 g/mol. The van der Waals surface area contributed by atoms with Crippen LogP contribution in [0.5, 0.6) is 0 Å². The molecule has 0 saturated heterocycles. The van der Waals surface area contributed by atoms with Gasteiger partial charge < -0.3 is 4.42 Å². The van der Waals surface area contributed by atoms with Crippen LogP contribution >= 0.6 is 0 Å². The summed E-state index contributed by atoms with van der Waals surface area (Å²) < 4.78 is 8.23. The van der Waals surface area contributed by atoms with Crippen LogP contribution in [0, 0.1) is 0 Å². The third-order valence-corrected chi connectivity index (χ3v) is 8.99.